The average molecular weight is 491 g/mol. The summed E-state index contributed by atoms with van der Waals surface area (Å²) in [6.07, 6.45) is 2.20. The highest BCUT2D eigenvalue weighted by Gasteiger charge is 2.32. The largest absolute Gasteiger partial charge is 0.466 e. The molecule has 2 amide bonds. The molecule has 2 atom stereocenters. The lowest BCUT2D eigenvalue weighted by Gasteiger charge is -2.33. The van der Waals surface area contributed by atoms with Gasteiger partial charge in [0.1, 0.15) is 12.6 Å². The quantitative estimate of drug-likeness (QED) is 0.353. The molecule has 0 heterocycles. The molecule has 0 saturated heterocycles. The number of nitrogens with one attached hydrogen (secondary N) is 1. The number of hydrogen-bond acceptors (Lipinski definition) is 6. The monoisotopic (exact) mass is 490 g/mol. The molecule has 0 unspecified atom stereocenters. The van der Waals surface area contributed by atoms with Gasteiger partial charge in [-0.15, -0.1) is 0 Å². The second-order valence-electron chi connectivity index (χ2n) is 8.93. The lowest BCUT2D eigenvalue weighted by Crippen LogP contribution is -2.51. The van der Waals surface area contributed by atoms with Crippen LogP contribution in [-0.2, 0) is 28.7 Å². The Kier molecular flexibility index (Phi) is 14.4. The molecule has 0 aliphatic rings. The van der Waals surface area contributed by atoms with Gasteiger partial charge in [-0.1, -0.05) is 57.5 Å². The molecule has 196 valence electrons. The first-order valence-electron chi connectivity index (χ1n) is 12.7. The highest BCUT2D eigenvalue weighted by molar-refractivity contribution is 5.90. The molecule has 0 aliphatic heterocycles. The lowest BCUT2D eigenvalue weighted by atomic mass is 9.91. The smallest absolute Gasteiger partial charge is 0.325 e. The van der Waals surface area contributed by atoms with E-state index in [4.69, 9.17) is 9.47 Å². The second kappa shape index (κ2) is 16.7. The third-order valence-corrected chi connectivity index (χ3v) is 5.57. The molecule has 1 aromatic rings. The van der Waals surface area contributed by atoms with Gasteiger partial charge in [0.15, 0.2) is 0 Å². The predicted molar refractivity (Wildman–Crippen MR) is 135 cm³/mol. The molecule has 8 heteroatoms. The van der Waals surface area contributed by atoms with Crippen LogP contribution in [0.3, 0.4) is 0 Å². The molecular formula is C27H42N2O6. The maximum absolute atomic E-state index is 13.6. The number of ether oxygens (including phenoxy) is 2. The summed E-state index contributed by atoms with van der Waals surface area (Å²) < 4.78 is 10.0. The van der Waals surface area contributed by atoms with Crippen molar-refractivity contribution in [2.45, 2.75) is 78.7 Å². The molecule has 1 rings (SSSR count). The number of hydrogen-bond donors (Lipinski definition) is 1. The molecule has 1 N–H and O–H groups in total. The number of rotatable bonds is 16. The van der Waals surface area contributed by atoms with E-state index in [1.807, 2.05) is 51.1 Å². The van der Waals surface area contributed by atoms with Crippen molar-refractivity contribution in [2.75, 3.05) is 26.3 Å². The van der Waals surface area contributed by atoms with Crippen LogP contribution in [0.4, 0.5) is 0 Å². The summed E-state index contributed by atoms with van der Waals surface area (Å²) >= 11 is 0. The van der Waals surface area contributed by atoms with E-state index >= 15 is 0 Å². The number of unbranched alkanes of at least 4 members (excludes halogenated alkanes) is 1. The summed E-state index contributed by atoms with van der Waals surface area (Å²) in [6, 6.07) is 8.69. The minimum absolute atomic E-state index is 0.0757. The zero-order valence-electron chi connectivity index (χ0n) is 21.9. The Hall–Kier alpha value is -2.90. The van der Waals surface area contributed by atoms with Crippen molar-refractivity contribution in [2.24, 2.45) is 5.92 Å². The Bertz CT molecular complexity index is 796. The van der Waals surface area contributed by atoms with Crippen molar-refractivity contribution in [3.8, 4) is 0 Å². The zero-order chi connectivity index (χ0) is 26.2. The van der Waals surface area contributed by atoms with E-state index in [1.165, 1.54) is 0 Å². The molecule has 0 aromatic heterocycles. The Balaban J connectivity index is 3.16. The molecular weight excluding hydrogens is 448 g/mol. The van der Waals surface area contributed by atoms with Crippen molar-refractivity contribution in [1.29, 1.82) is 0 Å². The van der Waals surface area contributed by atoms with Crippen molar-refractivity contribution in [3.05, 3.63) is 35.9 Å². The molecule has 1 aromatic carbocycles. The van der Waals surface area contributed by atoms with Gasteiger partial charge in [0.05, 0.1) is 19.6 Å². The molecule has 8 nitrogen and oxygen atoms in total. The number of nitrogens with zero attached hydrogens (tertiary/aromatic N) is 1. The van der Waals surface area contributed by atoms with Crippen LogP contribution in [0.2, 0.25) is 0 Å². The van der Waals surface area contributed by atoms with Gasteiger partial charge in [-0.05, 0) is 38.2 Å². The number of esters is 2. The fourth-order valence-electron chi connectivity index (χ4n) is 3.88. The summed E-state index contributed by atoms with van der Waals surface area (Å²) in [6.45, 7) is 10.1. The molecule has 0 saturated carbocycles. The minimum Gasteiger partial charge on any atom is -0.466 e. The number of amides is 2. The minimum atomic E-state index is -0.720. The fourth-order valence-corrected chi connectivity index (χ4v) is 3.88. The van der Waals surface area contributed by atoms with Gasteiger partial charge >= 0.3 is 11.9 Å². The maximum Gasteiger partial charge on any atom is 0.325 e. The first-order valence-corrected chi connectivity index (χ1v) is 12.7. The van der Waals surface area contributed by atoms with E-state index in [0.29, 0.717) is 13.0 Å². The number of carbonyl (C=O) groups is 4. The van der Waals surface area contributed by atoms with Crippen molar-refractivity contribution >= 4 is 23.8 Å². The molecule has 0 aliphatic carbocycles. The van der Waals surface area contributed by atoms with Gasteiger partial charge < -0.3 is 19.7 Å². The fraction of sp³-hybridized carbons (Fsp3) is 0.630. The van der Waals surface area contributed by atoms with E-state index in [2.05, 4.69) is 5.32 Å². The Labute approximate surface area is 209 Å². The molecule has 0 spiro atoms. The predicted octanol–water partition coefficient (Wildman–Crippen LogP) is 3.84. The Morgan fingerprint density at radius 3 is 2.11 bits per heavy atom. The first kappa shape index (κ1) is 30.1. The van der Waals surface area contributed by atoms with Crippen LogP contribution < -0.4 is 5.32 Å². The van der Waals surface area contributed by atoms with Crippen LogP contribution in [0.15, 0.2) is 30.3 Å². The maximum atomic E-state index is 13.6. The molecule has 0 radical (unpaired) electrons. The van der Waals surface area contributed by atoms with Crippen molar-refractivity contribution < 1.29 is 28.7 Å². The van der Waals surface area contributed by atoms with Crippen LogP contribution in [0, 0.1) is 5.92 Å². The molecule has 35 heavy (non-hydrogen) atoms. The van der Waals surface area contributed by atoms with Crippen LogP contribution in [0.1, 0.15) is 78.2 Å². The summed E-state index contributed by atoms with van der Waals surface area (Å²) in [5.74, 6) is -1.68. The first-order chi connectivity index (χ1) is 16.7. The van der Waals surface area contributed by atoms with E-state index in [0.717, 1.165) is 18.4 Å². The van der Waals surface area contributed by atoms with Gasteiger partial charge in [-0.2, -0.15) is 0 Å². The molecule has 0 fully saturated rings. The Morgan fingerprint density at radius 2 is 1.54 bits per heavy atom. The summed E-state index contributed by atoms with van der Waals surface area (Å²) in [5, 5.41) is 2.64. The standard InChI is InChI=1S/C27H42N2O6/c1-6-9-15-29(23(16-20(4)5)27(33)28-19-26(32)35-8-3)24(30)17-22(18-25(31)34-7-2)21-13-11-10-12-14-21/h10-14,20,22-23H,6-9,15-19H2,1-5H3,(H,28,33)/t22-,23-/m0/s1. The average Bonchev–Trinajstić information content (AvgIpc) is 2.82. The highest BCUT2D eigenvalue weighted by atomic mass is 16.5. The van der Waals surface area contributed by atoms with E-state index in [1.54, 1.807) is 18.7 Å². The topological polar surface area (TPSA) is 102 Å². The SMILES string of the molecule is CCCCN(C(=O)C[C@@H](CC(=O)OCC)c1ccccc1)[C@@H](CC(C)C)C(=O)NCC(=O)OCC. The van der Waals surface area contributed by atoms with Crippen LogP contribution in [-0.4, -0.2) is 61.0 Å². The van der Waals surface area contributed by atoms with Crippen LogP contribution >= 0.6 is 0 Å². The number of benzene rings is 1. The third kappa shape index (κ3) is 11.4. The number of carbonyl (C=O) groups excluding carboxylic acids is 4. The van der Waals surface area contributed by atoms with Crippen LogP contribution in [0.25, 0.3) is 0 Å². The van der Waals surface area contributed by atoms with Gasteiger partial charge in [0.2, 0.25) is 11.8 Å². The normalized spacial score (nSPS) is 12.5. The Morgan fingerprint density at radius 1 is 0.914 bits per heavy atom. The highest BCUT2D eigenvalue weighted by Crippen LogP contribution is 2.26. The van der Waals surface area contributed by atoms with E-state index in [-0.39, 0.29) is 62.2 Å². The summed E-state index contributed by atoms with van der Waals surface area (Å²) in [4.78, 5) is 52.4. The molecule has 0 bridgehead atoms. The van der Waals surface area contributed by atoms with Crippen molar-refractivity contribution in [1.82, 2.24) is 10.2 Å². The van der Waals surface area contributed by atoms with Gasteiger partial charge in [0.25, 0.3) is 0 Å². The third-order valence-electron chi connectivity index (χ3n) is 5.57. The second-order valence-corrected chi connectivity index (χ2v) is 8.93. The van der Waals surface area contributed by atoms with Gasteiger partial charge in [0, 0.05) is 18.9 Å². The van der Waals surface area contributed by atoms with E-state index < -0.39 is 12.0 Å². The lowest BCUT2D eigenvalue weighted by molar-refractivity contribution is -0.145. The zero-order valence-corrected chi connectivity index (χ0v) is 21.9. The van der Waals surface area contributed by atoms with E-state index in [9.17, 15) is 19.2 Å². The van der Waals surface area contributed by atoms with Crippen molar-refractivity contribution in [3.63, 3.8) is 0 Å². The van der Waals surface area contributed by atoms with Gasteiger partial charge in [-0.3, -0.25) is 19.2 Å². The van der Waals surface area contributed by atoms with Crippen LogP contribution in [0.5, 0.6) is 0 Å². The van der Waals surface area contributed by atoms with Gasteiger partial charge in [-0.25, -0.2) is 0 Å². The summed E-state index contributed by atoms with van der Waals surface area (Å²) in [5.41, 5.74) is 0.872. The summed E-state index contributed by atoms with van der Waals surface area (Å²) in [7, 11) is 0.